The molecule has 7 heteroatoms. The molecule has 4 heterocycles. The first-order valence-corrected chi connectivity index (χ1v) is 5.81. The van der Waals surface area contributed by atoms with Crippen LogP contribution < -0.4 is 5.73 Å². The Balaban J connectivity index is 1.83. The highest BCUT2D eigenvalue weighted by Gasteiger charge is 2.35. The highest BCUT2D eigenvalue weighted by atomic mass is 15.6. The van der Waals surface area contributed by atoms with Crippen LogP contribution in [-0.2, 0) is 6.54 Å². The minimum Gasteiger partial charge on any atom is -0.329 e. The average molecular weight is 223 g/mol. The van der Waals surface area contributed by atoms with Crippen LogP contribution in [0.4, 0.5) is 0 Å². The predicted octanol–water partition coefficient (Wildman–Crippen LogP) is -1.70. The smallest absolute Gasteiger partial charge is 0.169 e. The summed E-state index contributed by atoms with van der Waals surface area (Å²) in [4.78, 5) is 4.95. The molecule has 0 aromatic carbocycles. The number of aromatic nitrogens is 4. The van der Waals surface area contributed by atoms with Gasteiger partial charge in [0.1, 0.15) is 0 Å². The Morgan fingerprint density at radius 3 is 2.69 bits per heavy atom. The zero-order valence-corrected chi connectivity index (χ0v) is 9.29. The average Bonchev–Trinajstić information content (AvgIpc) is 2.79. The normalized spacial score (nSPS) is 33.2. The number of hydrogen-bond acceptors (Lipinski definition) is 6. The summed E-state index contributed by atoms with van der Waals surface area (Å²) in [7, 11) is 0. The molecule has 3 fully saturated rings. The fraction of sp³-hybridized carbons (Fsp3) is 0.889. The number of fused-ring (bicyclic) bond motifs is 3. The second-order valence-corrected chi connectivity index (χ2v) is 4.40. The summed E-state index contributed by atoms with van der Waals surface area (Å²) in [5.74, 6) is 0.967. The lowest BCUT2D eigenvalue weighted by molar-refractivity contribution is 0.00674. The van der Waals surface area contributed by atoms with E-state index in [-0.39, 0.29) is 0 Å². The van der Waals surface area contributed by atoms with Crippen LogP contribution in [0.25, 0.3) is 0 Å². The lowest BCUT2D eigenvalue weighted by atomic mass is 10.1. The molecule has 0 amide bonds. The number of hydrogen-bond donors (Lipinski definition) is 1. The molecule has 88 valence electrons. The maximum absolute atomic E-state index is 5.55. The van der Waals surface area contributed by atoms with Gasteiger partial charge in [0.15, 0.2) is 5.82 Å². The van der Waals surface area contributed by atoms with Gasteiger partial charge in [-0.2, -0.15) is 0 Å². The van der Waals surface area contributed by atoms with Crippen LogP contribution >= 0.6 is 0 Å². The molecule has 4 rings (SSSR count). The molecular formula is C9H17N7. The molecule has 1 aromatic heterocycles. The molecule has 7 nitrogen and oxygen atoms in total. The fourth-order valence-electron chi connectivity index (χ4n) is 2.59. The third-order valence-electron chi connectivity index (χ3n) is 3.48. The molecule has 1 unspecified atom stereocenters. The summed E-state index contributed by atoms with van der Waals surface area (Å²) < 4.78 is 1.84. The van der Waals surface area contributed by atoms with Crippen molar-refractivity contribution in [3.05, 3.63) is 5.82 Å². The van der Waals surface area contributed by atoms with E-state index in [0.717, 1.165) is 25.5 Å². The minimum atomic E-state index is 0.351. The third kappa shape index (κ3) is 1.60. The lowest BCUT2D eigenvalue weighted by Crippen LogP contribution is -2.57. The first-order valence-electron chi connectivity index (χ1n) is 5.81. The Morgan fingerprint density at radius 2 is 2.06 bits per heavy atom. The van der Waals surface area contributed by atoms with Gasteiger partial charge >= 0.3 is 0 Å². The standard InChI is InChI=1S/C9H17N7/c10-1-2-16-9(11-12-13-16)8-7-14-3-5-15(8)6-4-14/h8H,1-7,10H2. The van der Waals surface area contributed by atoms with Gasteiger partial charge in [-0.1, -0.05) is 0 Å². The SMILES string of the molecule is NCCn1nnnc1C1CN2CCN1CC2. The van der Waals surface area contributed by atoms with Crippen molar-refractivity contribution in [3.8, 4) is 0 Å². The van der Waals surface area contributed by atoms with Crippen LogP contribution in [0.1, 0.15) is 11.9 Å². The Morgan fingerprint density at radius 1 is 1.25 bits per heavy atom. The first kappa shape index (κ1) is 10.1. The van der Waals surface area contributed by atoms with Gasteiger partial charge in [0, 0.05) is 39.3 Å². The molecule has 0 radical (unpaired) electrons. The summed E-state index contributed by atoms with van der Waals surface area (Å²) >= 11 is 0. The number of rotatable bonds is 3. The predicted molar refractivity (Wildman–Crippen MR) is 57.6 cm³/mol. The van der Waals surface area contributed by atoms with Gasteiger partial charge in [0.05, 0.1) is 12.6 Å². The van der Waals surface area contributed by atoms with Gasteiger partial charge in [-0.3, -0.25) is 9.80 Å². The number of tetrazole rings is 1. The largest absolute Gasteiger partial charge is 0.329 e. The van der Waals surface area contributed by atoms with E-state index in [1.165, 1.54) is 13.1 Å². The van der Waals surface area contributed by atoms with Crippen molar-refractivity contribution in [2.24, 2.45) is 5.73 Å². The molecule has 16 heavy (non-hydrogen) atoms. The Kier molecular flexibility index (Phi) is 2.58. The second-order valence-electron chi connectivity index (χ2n) is 4.40. The maximum Gasteiger partial charge on any atom is 0.169 e. The van der Waals surface area contributed by atoms with Crippen molar-refractivity contribution in [2.45, 2.75) is 12.6 Å². The van der Waals surface area contributed by atoms with Crippen LogP contribution in [0.3, 0.4) is 0 Å². The molecule has 0 saturated carbocycles. The zero-order chi connectivity index (χ0) is 11.0. The van der Waals surface area contributed by atoms with E-state index in [4.69, 9.17) is 5.73 Å². The Labute approximate surface area is 94.2 Å². The number of piperazine rings is 3. The van der Waals surface area contributed by atoms with Crippen LogP contribution in [-0.4, -0.2) is 69.3 Å². The minimum absolute atomic E-state index is 0.351. The molecule has 3 aliphatic rings. The van der Waals surface area contributed by atoms with E-state index in [1.807, 2.05) is 4.68 Å². The van der Waals surface area contributed by atoms with Crippen LogP contribution in [0.15, 0.2) is 0 Å². The molecule has 1 aromatic rings. The van der Waals surface area contributed by atoms with Crippen molar-refractivity contribution < 1.29 is 0 Å². The first-order chi connectivity index (χ1) is 7.88. The van der Waals surface area contributed by atoms with Crippen molar-refractivity contribution in [2.75, 3.05) is 39.3 Å². The van der Waals surface area contributed by atoms with Gasteiger partial charge in [-0.25, -0.2) is 4.68 Å². The molecule has 1 atom stereocenters. The monoisotopic (exact) mass is 223 g/mol. The van der Waals surface area contributed by atoms with E-state index in [2.05, 4.69) is 25.3 Å². The van der Waals surface area contributed by atoms with E-state index in [9.17, 15) is 0 Å². The highest BCUT2D eigenvalue weighted by Crippen LogP contribution is 2.26. The van der Waals surface area contributed by atoms with E-state index < -0.39 is 0 Å². The summed E-state index contributed by atoms with van der Waals surface area (Å²) in [5.41, 5.74) is 5.55. The highest BCUT2D eigenvalue weighted by molar-refractivity contribution is 5.00. The van der Waals surface area contributed by atoms with E-state index in [1.54, 1.807) is 0 Å². The second kappa shape index (κ2) is 4.08. The molecule has 2 N–H and O–H groups in total. The fourth-order valence-corrected chi connectivity index (χ4v) is 2.59. The van der Waals surface area contributed by atoms with Crippen molar-refractivity contribution >= 4 is 0 Å². The quantitative estimate of drug-likeness (QED) is 0.658. The van der Waals surface area contributed by atoms with Gasteiger partial charge < -0.3 is 5.73 Å². The number of nitrogens with two attached hydrogens (primary N) is 1. The van der Waals surface area contributed by atoms with Crippen LogP contribution in [0.5, 0.6) is 0 Å². The van der Waals surface area contributed by atoms with Gasteiger partial charge in [-0.05, 0) is 10.4 Å². The molecule has 3 aliphatic heterocycles. The van der Waals surface area contributed by atoms with Gasteiger partial charge in [0.2, 0.25) is 0 Å². The summed E-state index contributed by atoms with van der Waals surface area (Å²) in [6, 6.07) is 0.351. The molecule has 0 aliphatic carbocycles. The van der Waals surface area contributed by atoms with Crippen LogP contribution in [0, 0.1) is 0 Å². The molecule has 2 bridgehead atoms. The topological polar surface area (TPSA) is 76.1 Å². The molecule has 3 saturated heterocycles. The Bertz CT molecular complexity index is 354. The summed E-state index contributed by atoms with van der Waals surface area (Å²) in [6.07, 6.45) is 0. The van der Waals surface area contributed by atoms with Crippen molar-refractivity contribution in [1.82, 2.24) is 30.0 Å². The van der Waals surface area contributed by atoms with E-state index >= 15 is 0 Å². The summed E-state index contributed by atoms with van der Waals surface area (Å²) in [5, 5.41) is 11.9. The van der Waals surface area contributed by atoms with Crippen molar-refractivity contribution in [3.63, 3.8) is 0 Å². The Hall–Kier alpha value is -1.05. The van der Waals surface area contributed by atoms with Gasteiger partial charge in [0.25, 0.3) is 0 Å². The zero-order valence-electron chi connectivity index (χ0n) is 9.29. The lowest BCUT2D eigenvalue weighted by Gasteiger charge is -2.46. The van der Waals surface area contributed by atoms with E-state index in [0.29, 0.717) is 19.1 Å². The molecular weight excluding hydrogens is 206 g/mol. The number of nitrogens with zero attached hydrogens (tertiary/aromatic N) is 6. The maximum atomic E-state index is 5.55. The summed E-state index contributed by atoms with van der Waals surface area (Å²) in [6.45, 7) is 6.93. The molecule has 0 spiro atoms. The van der Waals surface area contributed by atoms with Crippen molar-refractivity contribution in [1.29, 1.82) is 0 Å². The third-order valence-corrected chi connectivity index (χ3v) is 3.48. The van der Waals surface area contributed by atoms with Crippen LogP contribution in [0.2, 0.25) is 0 Å². The van der Waals surface area contributed by atoms with Gasteiger partial charge in [-0.15, -0.1) is 5.10 Å².